The molecule has 0 aromatic heterocycles. The molecule has 1 aliphatic rings. The van der Waals surface area contributed by atoms with Crippen molar-refractivity contribution >= 4 is 29.3 Å². The smallest absolute Gasteiger partial charge is 0.311 e. The number of hydrogen-bond donors (Lipinski definition) is 1. The van der Waals surface area contributed by atoms with Crippen molar-refractivity contribution in [2.75, 3.05) is 26.7 Å². The van der Waals surface area contributed by atoms with Crippen LogP contribution in [-0.2, 0) is 20.8 Å². The van der Waals surface area contributed by atoms with Crippen LogP contribution in [0.1, 0.15) is 25.3 Å². The Kier molecular flexibility index (Phi) is 6.82. The lowest BCUT2D eigenvalue weighted by molar-refractivity contribution is -0.145. The molecule has 0 radical (unpaired) electrons. The summed E-state index contributed by atoms with van der Waals surface area (Å²) in [6.07, 6.45) is 2.02. The summed E-state index contributed by atoms with van der Waals surface area (Å²) >= 11 is 5.95. The minimum atomic E-state index is -0.634. The molecule has 25 heavy (non-hydrogen) atoms. The third kappa shape index (κ3) is 5.74. The molecule has 1 heterocycles. The monoisotopic (exact) mass is 365 g/mol. The first-order chi connectivity index (χ1) is 11.9. The van der Waals surface area contributed by atoms with Gasteiger partial charge >= 0.3 is 11.8 Å². The second kappa shape index (κ2) is 8.85. The maximum absolute atomic E-state index is 12.2. The minimum absolute atomic E-state index is 0.112. The summed E-state index contributed by atoms with van der Waals surface area (Å²) in [6, 6.07) is 7.21. The molecule has 1 N–H and O–H groups in total. The number of amides is 3. The van der Waals surface area contributed by atoms with Crippen molar-refractivity contribution < 1.29 is 14.4 Å². The van der Waals surface area contributed by atoms with Gasteiger partial charge in [0, 0.05) is 44.2 Å². The van der Waals surface area contributed by atoms with Crippen molar-refractivity contribution in [3.63, 3.8) is 0 Å². The van der Waals surface area contributed by atoms with Crippen LogP contribution < -0.4 is 5.32 Å². The number of carbonyl (C=O) groups excluding carboxylic acids is 3. The molecule has 1 saturated heterocycles. The number of rotatable bonds is 6. The van der Waals surface area contributed by atoms with Gasteiger partial charge in [-0.05, 0) is 37.5 Å². The van der Waals surface area contributed by atoms with Crippen LogP contribution in [0.5, 0.6) is 0 Å². The van der Waals surface area contributed by atoms with Gasteiger partial charge in [0.05, 0.1) is 0 Å². The van der Waals surface area contributed by atoms with E-state index in [1.54, 1.807) is 18.0 Å². The molecule has 7 heteroatoms. The molecule has 1 aromatic carbocycles. The van der Waals surface area contributed by atoms with E-state index in [1.165, 1.54) is 4.90 Å². The molecule has 0 aliphatic carbocycles. The van der Waals surface area contributed by atoms with E-state index in [1.807, 2.05) is 25.1 Å². The van der Waals surface area contributed by atoms with E-state index in [9.17, 15) is 14.4 Å². The molecule has 0 bridgehead atoms. The van der Waals surface area contributed by atoms with Crippen LogP contribution in [0.2, 0.25) is 5.02 Å². The first kappa shape index (κ1) is 19.2. The van der Waals surface area contributed by atoms with Gasteiger partial charge in [-0.1, -0.05) is 23.7 Å². The Labute approximate surface area is 153 Å². The molecule has 2 rings (SSSR count). The van der Waals surface area contributed by atoms with Gasteiger partial charge in [0.15, 0.2) is 0 Å². The highest BCUT2D eigenvalue weighted by Gasteiger charge is 2.23. The fraction of sp³-hybridized carbons (Fsp3) is 0.500. The lowest BCUT2D eigenvalue weighted by atomic mass is 10.1. The predicted molar refractivity (Wildman–Crippen MR) is 96.2 cm³/mol. The maximum atomic E-state index is 12.2. The number of nitrogens with zero attached hydrogens (tertiary/aromatic N) is 2. The maximum Gasteiger partial charge on any atom is 0.311 e. The summed E-state index contributed by atoms with van der Waals surface area (Å²) in [5, 5.41) is 3.35. The van der Waals surface area contributed by atoms with Crippen molar-refractivity contribution in [1.82, 2.24) is 15.1 Å². The average molecular weight is 366 g/mol. The summed E-state index contributed by atoms with van der Waals surface area (Å²) in [7, 11) is 1.57. The molecule has 136 valence electrons. The normalized spacial score (nSPS) is 15.2. The van der Waals surface area contributed by atoms with E-state index in [4.69, 9.17) is 11.6 Å². The summed E-state index contributed by atoms with van der Waals surface area (Å²) in [6.45, 7) is 3.38. The first-order valence-electron chi connectivity index (χ1n) is 8.45. The number of benzene rings is 1. The first-order valence-corrected chi connectivity index (χ1v) is 8.83. The molecule has 1 aliphatic heterocycles. The fourth-order valence-corrected chi connectivity index (χ4v) is 3.05. The van der Waals surface area contributed by atoms with Crippen LogP contribution in [0.4, 0.5) is 0 Å². The fourth-order valence-electron chi connectivity index (χ4n) is 2.84. The highest BCUT2D eigenvalue weighted by atomic mass is 35.5. The Hall–Kier alpha value is -2.08. The van der Waals surface area contributed by atoms with Crippen LogP contribution >= 0.6 is 11.6 Å². The molecule has 6 nitrogen and oxygen atoms in total. The zero-order chi connectivity index (χ0) is 18.4. The molecule has 0 saturated carbocycles. The largest absolute Gasteiger partial charge is 0.345 e. The Morgan fingerprint density at radius 2 is 2.16 bits per heavy atom. The lowest BCUT2D eigenvalue weighted by Crippen LogP contribution is -2.46. The number of hydrogen-bond acceptors (Lipinski definition) is 3. The van der Waals surface area contributed by atoms with Crippen molar-refractivity contribution in [2.24, 2.45) is 0 Å². The molecule has 3 amide bonds. The number of likely N-dealkylation sites (tertiary alicyclic amines) is 1. The van der Waals surface area contributed by atoms with Crippen molar-refractivity contribution in [3.8, 4) is 0 Å². The molecule has 1 unspecified atom stereocenters. The Bertz CT molecular complexity index is 650. The molecule has 1 fully saturated rings. The molecule has 1 atom stereocenters. The standard InChI is InChI=1S/C18H24ClN3O3/c1-13(11-14-5-3-6-15(19)12-14)20-17(24)18(25)21(2)9-10-22-8-4-7-16(22)23/h3,5-6,12-13H,4,7-11H2,1-2H3,(H,20,24). The second-order valence-electron chi connectivity index (χ2n) is 6.42. The van der Waals surface area contributed by atoms with E-state index in [0.29, 0.717) is 31.0 Å². The third-order valence-corrected chi connectivity index (χ3v) is 4.46. The molecule has 0 spiro atoms. The van der Waals surface area contributed by atoms with Crippen LogP contribution in [0.25, 0.3) is 0 Å². The van der Waals surface area contributed by atoms with E-state index in [0.717, 1.165) is 18.5 Å². The Balaban J connectivity index is 1.78. The molecular formula is C18H24ClN3O3. The van der Waals surface area contributed by atoms with E-state index >= 15 is 0 Å². The topological polar surface area (TPSA) is 69.7 Å². The van der Waals surface area contributed by atoms with Crippen LogP contribution in [0.3, 0.4) is 0 Å². The summed E-state index contributed by atoms with van der Waals surface area (Å²) in [5.74, 6) is -1.12. The number of carbonyl (C=O) groups is 3. The van der Waals surface area contributed by atoms with Crippen molar-refractivity contribution in [1.29, 1.82) is 0 Å². The van der Waals surface area contributed by atoms with Gasteiger partial charge in [-0.15, -0.1) is 0 Å². The summed E-state index contributed by atoms with van der Waals surface area (Å²) < 4.78 is 0. The van der Waals surface area contributed by atoms with Gasteiger partial charge in [0.1, 0.15) is 0 Å². The highest BCUT2D eigenvalue weighted by molar-refractivity contribution is 6.35. The van der Waals surface area contributed by atoms with Gasteiger partial charge in [-0.2, -0.15) is 0 Å². The summed E-state index contributed by atoms with van der Waals surface area (Å²) in [5.41, 5.74) is 0.994. The van der Waals surface area contributed by atoms with Gasteiger partial charge in [0.2, 0.25) is 5.91 Å². The lowest BCUT2D eigenvalue weighted by Gasteiger charge is -2.22. The SMILES string of the molecule is CC(Cc1cccc(Cl)c1)NC(=O)C(=O)N(C)CCN1CCCC1=O. The highest BCUT2D eigenvalue weighted by Crippen LogP contribution is 2.12. The third-order valence-electron chi connectivity index (χ3n) is 4.23. The van der Waals surface area contributed by atoms with E-state index in [-0.39, 0.29) is 11.9 Å². The number of halogens is 1. The van der Waals surface area contributed by atoms with Crippen LogP contribution in [0, 0.1) is 0 Å². The zero-order valence-corrected chi connectivity index (χ0v) is 15.4. The van der Waals surface area contributed by atoms with Crippen molar-refractivity contribution in [3.05, 3.63) is 34.9 Å². The molecule has 1 aromatic rings. The number of nitrogens with one attached hydrogen (secondary N) is 1. The predicted octanol–water partition coefficient (Wildman–Crippen LogP) is 1.47. The van der Waals surface area contributed by atoms with Gasteiger partial charge in [0.25, 0.3) is 0 Å². The van der Waals surface area contributed by atoms with E-state index in [2.05, 4.69) is 5.32 Å². The Morgan fingerprint density at radius 3 is 2.80 bits per heavy atom. The Morgan fingerprint density at radius 1 is 1.40 bits per heavy atom. The second-order valence-corrected chi connectivity index (χ2v) is 6.86. The zero-order valence-electron chi connectivity index (χ0n) is 14.6. The van der Waals surface area contributed by atoms with Crippen LogP contribution in [0.15, 0.2) is 24.3 Å². The van der Waals surface area contributed by atoms with Gasteiger partial charge in [-0.25, -0.2) is 0 Å². The van der Waals surface area contributed by atoms with E-state index < -0.39 is 11.8 Å². The molecular weight excluding hydrogens is 342 g/mol. The number of likely N-dealkylation sites (N-methyl/N-ethyl adjacent to an activating group) is 1. The quantitative estimate of drug-likeness (QED) is 0.776. The van der Waals surface area contributed by atoms with Crippen LogP contribution in [-0.4, -0.2) is 60.2 Å². The minimum Gasteiger partial charge on any atom is -0.345 e. The van der Waals surface area contributed by atoms with Crippen molar-refractivity contribution in [2.45, 2.75) is 32.2 Å². The van der Waals surface area contributed by atoms with Gasteiger partial charge in [-0.3, -0.25) is 14.4 Å². The summed E-state index contributed by atoms with van der Waals surface area (Å²) in [4.78, 5) is 38.9. The average Bonchev–Trinajstić information content (AvgIpc) is 2.96. The van der Waals surface area contributed by atoms with Gasteiger partial charge < -0.3 is 15.1 Å².